The van der Waals surface area contributed by atoms with Gasteiger partial charge in [0, 0.05) is 20.9 Å². The number of allylic oxidation sites excluding steroid dienone is 2. The maximum absolute atomic E-state index is 10.3. The van der Waals surface area contributed by atoms with E-state index in [0.29, 0.717) is 47.0 Å². The Hall–Kier alpha value is -3.32. The average molecular weight is 657 g/mol. The van der Waals surface area contributed by atoms with Crippen LogP contribution in [-0.2, 0) is 0 Å². The van der Waals surface area contributed by atoms with Crippen LogP contribution < -0.4 is 9.47 Å². The molecule has 6 heteroatoms. The minimum Gasteiger partial charge on any atom is -0.493 e. The van der Waals surface area contributed by atoms with Crippen LogP contribution in [0, 0.1) is 22.7 Å². The zero-order valence-electron chi connectivity index (χ0n) is 28.0. The van der Waals surface area contributed by atoms with Gasteiger partial charge in [0.15, 0.2) is 0 Å². The van der Waals surface area contributed by atoms with E-state index < -0.39 is 0 Å². The van der Waals surface area contributed by atoms with Crippen molar-refractivity contribution in [2.45, 2.75) is 117 Å². The third-order valence-electron chi connectivity index (χ3n) is 8.07. The second kappa shape index (κ2) is 23.1. The first-order valence-corrected chi connectivity index (χ1v) is 19.2. The lowest BCUT2D eigenvalue weighted by atomic mass is 9.97. The molecule has 0 radical (unpaired) electrons. The summed E-state index contributed by atoms with van der Waals surface area (Å²) in [6, 6.07) is 16.7. The molecule has 3 rings (SSSR count). The molecule has 2 aromatic heterocycles. The summed E-state index contributed by atoms with van der Waals surface area (Å²) in [5.74, 6) is 1.24. The molecule has 3 aromatic rings. The molecule has 246 valence electrons. The predicted octanol–water partition coefficient (Wildman–Crippen LogP) is 13.0. The Bertz CT molecular complexity index is 1280. The van der Waals surface area contributed by atoms with Gasteiger partial charge in [0.2, 0.25) is 0 Å². The number of ether oxygens (including phenoxy) is 2. The van der Waals surface area contributed by atoms with Crippen LogP contribution >= 0.6 is 22.7 Å². The molecular formula is C40H52N2O2S2. The van der Waals surface area contributed by atoms with E-state index in [1.807, 2.05) is 59.3 Å². The molecular weight excluding hydrogens is 605 g/mol. The summed E-state index contributed by atoms with van der Waals surface area (Å²) in [7, 11) is 0. The Labute approximate surface area is 286 Å². The van der Waals surface area contributed by atoms with E-state index in [0.717, 1.165) is 35.4 Å². The maximum atomic E-state index is 10.3. The third-order valence-corrected chi connectivity index (χ3v) is 9.71. The predicted molar refractivity (Wildman–Crippen MR) is 198 cm³/mol. The molecule has 0 amide bonds. The first-order valence-electron chi connectivity index (χ1n) is 17.4. The molecule has 0 aliphatic heterocycles. The van der Waals surface area contributed by atoms with Gasteiger partial charge in [-0.2, -0.15) is 10.5 Å². The Morgan fingerprint density at radius 3 is 1.28 bits per heavy atom. The van der Waals surface area contributed by atoms with Gasteiger partial charge in [-0.15, -0.1) is 22.7 Å². The second-order valence-electron chi connectivity index (χ2n) is 11.9. The smallest absolute Gasteiger partial charge is 0.128 e. The molecule has 0 aliphatic rings. The van der Waals surface area contributed by atoms with Crippen LogP contribution in [0.4, 0.5) is 0 Å². The molecule has 0 aliphatic carbocycles. The highest BCUT2D eigenvalue weighted by Crippen LogP contribution is 2.39. The first kappa shape index (κ1) is 37.1. The first-order chi connectivity index (χ1) is 22.7. The van der Waals surface area contributed by atoms with Gasteiger partial charge in [0.1, 0.15) is 11.5 Å². The number of rotatable bonds is 24. The summed E-state index contributed by atoms with van der Waals surface area (Å²) in [6.07, 6.45) is 23.3. The van der Waals surface area contributed by atoms with Crippen molar-refractivity contribution in [1.82, 2.24) is 0 Å². The number of unbranched alkanes of at least 4 members (excludes halogenated alkanes) is 14. The lowest BCUT2D eigenvalue weighted by Gasteiger charge is -2.18. The number of nitriles is 2. The summed E-state index contributed by atoms with van der Waals surface area (Å²) >= 11 is 3.19. The van der Waals surface area contributed by atoms with Crippen molar-refractivity contribution in [3.8, 4) is 23.6 Å². The highest BCUT2D eigenvalue weighted by atomic mass is 32.1. The monoisotopic (exact) mass is 656 g/mol. The summed E-state index contributed by atoms with van der Waals surface area (Å²) in [4.78, 5) is 2.01. The van der Waals surface area contributed by atoms with Gasteiger partial charge in [-0.3, -0.25) is 0 Å². The fourth-order valence-electron chi connectivity index (χ4n) is 5.43. The number of thiophene rings is 2. The van der Waals surface area contributed by atoms with E-state index in [4.69, 9.17) is 9.47 Å². The normalized spacial score (nSPS) is 11.7. The minimum absolute atomic E-state index is 0.526. The van der Waals surface area contributed by atoms with E-state index in [1.54, 1.807) is 22.7 Å². The molecule has 0 bridgehead atoms. The van der Waals surface area contributed by atoms with Crippen molar-refractivity contribution in [3.05, 3.63) is 68.0 Å². The molecule has 1 aromatic carbocycles. The van der Waals surface area contributed by atoms with Crippen LogP contribution in [0.25, 0.3) is 23.3 Å². The van der Waals surface area contributed by atoms with Crippen LogP contribution in [0.15, 0.2) is 47.2 Å². The molecule has 2 heterocycles. The molecule has 0 atom stereocenters. The highest BCUT2D eigenvalue weighted by Gasteiger charge is 2.19. The number of hydrogen-bond acceptors (Lipinski definition) is 6. The van der Waals surface area contributed by atoms with Crippen molar-refractivity contribution in [1.29, 1.82) is 10.5 Å². The van der Waals surface area contributed by atoms with E-state index in [1.165, 1.54) is 77.0 Å². The van der Waals surface area contributed by atoms with Crippen LogP contribution in [0.3, 0.4) is 0 Å². The second-order valence-corrected chi connectivity index (χ2v) is 13.8. The fourth-order valence-corrected chi connectivity index (χ4v) is 6.74. The van der Waals surface area contributed by atoms with Crippen LogP contribution in [-0.4, -0.2) is 13.2 Å². The van der Waals surface area contributed by atoms with Gasteiger partial charge < -0.3 is 9.47 Å². The van der Waals surface area contributed by atoms with Crippen molar-refractivity contribution >= 4 is 46.0 Å². The van der Waals surface area contributed by atoms with E-state index in [2.05, 4.69) is 26.0 Å². The Balaban J connectivity index is 1.85. The van der Waals surface area contributed by atoms with Crippen LogP contribution in [0.5, 0.6) is 11.5 Å². The maximum Gasteiger partial charge on any atom is 0.128 e. The largest absolute Gasteiger partial charge is 0.493 e. The quantitative estimate of drug-likeness (QED) is 0.0711. The average Bonchev–Trinajstić information content (AvgIpc) is 3.80. The molecule has 0 saturated carbocycles. The van der Waals surface area contributed by atoms with Gasteiger partial charge >= 0.3 is 0 Å². The van der Waals surface area contributed by atoms with Crippen LogP contribution in [0.1, 0.15) is 137 Å². The van der Waals surface area contributed by atoms with Crippen molar-refractivity contribution in [2.24, 2.45) is 0 Å². The summed E-state index contributed by atoms with van der Waals surface area (Å²) in [6.45, 7) is 5.62. The number of nitrogens with zero attached hydrogens (tertiary/aromatic N) is 2. The molecule has 0 saturated heterocycles. The van der Waals surface area contributed by atoms with Crippen LogP contribution in [0.2, 0.25) is 0 Å². The number of hydrogen-bond donors (Lipinski definition) is 0. The topological polar surface area (TPSA) is 66.0 Å². The van der Waals surface area contributed by atoms with Crippen molar-refractivity contribution in [3.63, 3.8) is 0 Å². The standard InChI is InChI=1S/C40H52N2O2S2/c1-3-5-7-9-11-13-15-17-23-43-39-29-38(34(32-42)28-36-22-20-26-46-36)40(44-24-18-16-14-12-10-8-6-4-2)30-37(39)33(31-41)27-35-21-19-25-45-35/h19-22,25-30H,3-18,23-24H2,1-2H3/b33-27+,34-28+. The molecule has 0 unspecified atom stereocenters. The molecule has 46 heavy (non-hydrogen) atoms. The Kier molecular flexibility index (Phi) is 18.6. The molecule has 0 N–H and O–H groups in total. The van der Waals surface area contributed by atoms with E-state index in [9.17, 15) is 10.5 Å². The van der Waals surface area contributed by atoms with Crippen molar-refractivity contribution < 1.29 is 9.47 Å². The Morgan fingerprint density at radius 1 is 0.587 bits per heavy atom. The fraction of sp³-hybridized carbons (Fsp3) is 0.500. The SMILES string of the molecule is CCCCCCCCCCOc1cc(/C(C#N)=C/c2cccs2)c(OCCCCCCCCCC)cc1/C(C#N)=C/c1cccs1. The van der Waals surface area contributed by atoms with E-state index in [-0.39, 0.29) is 0 Å². The van der Waals surface area contributed by atoms with Gasteiger partial charge in [-0.25, -0.2) is 0 Å². The van der Waals surface area contributed by atoms with Gasteiger partial charge in [-0.05, 0) is 60.0 Å². The van der Waals surface area contributed by atoms with Gasteiger partial charge in [0.25, 0.3) is 0 Å². The van der Waals surface area contributed by atoms with Gasteiger partial charge in [0.05, 0.1) is 36.5 Å². The number of benzene rings is 1. The summed E-state index contributed by atoms with van der Waals surface area (Å²) in [5.41, 5.74) is 2.47. The molecule has 0 fully saturated rings. The van der Waals surface area contributed by atoms with E-state index >= 15 is 0 Å². The van der Waals surface area contributed by atoms with Gasteiger partial charge in [-0.1, -0.05) is 116 Å². The Morgan fingerprint density at radius 2 is 0.957 bits per heavy atom. The molecule has 0 spiro atoms. The zero-order chi connectivity index (χ0) is 32.7. The zero-order valence-corrected chi connectivity index (χ0v) is 29.7. The minimum atomic E-state index is 0.526. The highest BCUT2D eigenvalue weighted by molar-refractivity contribution is 7.11. The van der Waals surface area contributed by atoms with Crippen molar-refractivity contribution in [2.75, 3.05) is 13.2 Å². The molecule has 4 nitrogen and oxygen atoms in total. The third kappa shape index (κ3) is 13.6. The lowest BCUT2D eigenvalue weighted by molar-refractivity contribution is 0.295. The lowest BCUT2D eigenvalue weighted by Crippen LogP contribution is -2.05. The summed E-state index contributed by atoms with van der Waals surface area (Å²) < 4.78 is 12.9. The summed E-state index contributed by atoms with van der Waals surface area (Å²) in [5, 5.41) is 24.6.